The molecule has 5 heteroatoms. The Balaban J connectivity index is 2.08. The van der Waals surface area contributed by atoms with Crippen molar-refractivity contribution in [3.05, 3.63) is 23.8 Å². The van der Waals surface area contributed by atoms with Crippen LogP contribution < -0.4 is 10.1 Å². The van der Waals surface area contributed by atoms with Crippen LogP contribution in [0.4, 0.5) is 5.69 Å². The van der Waals surface area contributed by atoms with Crippen molar-refractivity contribution in [3.8, 4) is 5.75 Å². The first kappa shape index (κ1) is 16.8. The third-order valence-electron chi connectivity index (χ3n) is 4.57. The number of nitrogens with one attached hydrogen (secondary N) is 1. The number of aliphatic hydroxyl groups is 1. The van der Waals surface area contributed by atoms with Crippen LogP contribution in [0.15, 0.2) is 18.2 Å². The molecule has 0 saturated carbocycles. The van der Waals surface area contributed by atoms with Gasteiger partial charge in [-0.05, 0) is 51.8 Å². The van der Waals surface area contributed by atoms with Crippen molar-refractivity contribution in [2.45, 2.75) is 58.3 Å². The molecular formula is C17H26N2O3. The van der Waals surface area contributed by atoms with E-state index in [1.807, 2.05) is 6.92 Å². The van der Waals surface area contributed by atoms with Crippen molar-refractivity contribution in [1.29, 1.82) is 0 Å². The normalized spacial score (nSPS) is 23.3. The van der Waals surface area contributed by atoms with Crippen LogP contribution in [0.2, 0.25) is 0 Å². The number of aliphatic hydroxyl groups excluding tert-OH is 1. The standard InChI is InChI=1S/C17H26N2O3/c1-11-5-6-12(2)19(11)13(3)17(21)18-15-7-8-16(22-4)14(9-15)10-20/h7-9,11-13,20H,5-6,10H2,1-4H3,(H,18,21)/t11-,12+,13-/m1/s1. The first-order valence-corrected chi connectivity index (χ1v) is 7.84. The van der Waals surface area contributed by atoms with Crippen LogP contribution in [-0.2, 0) is 11.4 Å². The average molecular weight is 306 g/mol. The Hall–Kier alpha value is -1.59. The van der Waals surface area contributed by atoms with Gasteiger partial charge >= 0.3 is 0 Å². The van der Waals surface area contributed by atoms with Gasteiger partial charge in [0.2, 0.25) is 5.91 Å². The molecule has 22 heavy (non-hydrogen) atoms. The van der Waals surface area contributed by atoms with E-state index in [4.69, 9.17) is 4.74 Å². The lowest BCUT2D eigenvalue weighted by molar-refractivity contribution is -0.121. The molecule has 2 N–H and O–H groups in total. The lowest BCUT2D eigenvalue weighted by atomic mass is 10.1. The topological polar surface area (TPSA) is 61.8 Å². The molecule has 1 aromatic carbocycles. The van der Waals surface area contributed by atoms with Crippen LogP contribution in [0.3, 0.4) is 0 Å². The average Bonchev–Trinajstić information content (AvgIpc) is 2.85. The number of hydrogen-bond donors (Lipinski definition) is 2. The monoisotopic (exact) mass is 306 g/mol. The number of benzene rings is 1. The molecule has 0 aromatic heterocycles. The summed E-state index contributed by atoms with van der Waals surface area (Å²) in [6.07, 6.45) is 2.27. The molecule has 0 unspecified atom stereocenters. The number of likely N-dealkylation sites (tertiary alicyclic amines) is 1. The fourth-order valence-corrected chi connectivity index (χ4v) is 3.34. The lowest BCUT2D eigenvalue weighted by Gasteiger charge is -2.31. The van der Waals surface area contributed by atoms with Crippen molar-refractivity contribution >= 4 is 11.6 Å². The van der Waals surface area contributed by atoms with E-state index in [0.29, 0.717) is 29.1 Å². The summed E-state index contributed by atoms with van der Waals surface area (Å²) in [7, 11) is 1.56. The van der Waals surface area contributed by atoms with Gasteiger partial charge in [-0.15, -0.1) is 0 Å². The first-order chi connectivity index (χ1) is 10.5. The second-order valence-corrected chi connectivity index (χ2v) is 6.07. The van der Waals surface area contributed by atoms with Gasteiger partial charge in [0.1, 0.15) is 5.75 Å². The SMILES string of the molecule is COc1ccc(NC(=O)[C@@H](C)N2[C@H](C)CC[C@@H]2C)cc1CO. The molecule has 0 aliphatic carbocycles. The summed E-state index contributed by atoms with van der Waals surface area (Å²) in [6.45, 7) is 6.17. The Morgan fingerprint density at radius 2 is 2.05 bits per heavy atom. The molecule has 5 nitrogen and oxygen atoms in total. The van der Waals surface area contributed by atoms with Gasteiger partial charge in [-0.1, -0.05) is 0 Å². The van der Waals surface area contributed by atoms with E-state index in [-0.39, 0.29) is 18.6 Å². The largest absolute Gasteiger partial charge is 0.496 e. The molecule has 0 spiro atoms. The molecule has 0 radical (unpaired) electrons. The molecule has 1 amide bonds. The maximum atomic E-state index is 12.5. The van der Waals surface area contributed by atoms with Gasteiger partial charge < -0.3 is 15.2 Å². The predicted molar refractivity (Wildman–Crippen MR) is 87.0 cm³/mol. The number of nitrogens with zero attached hydrogens (tertiary/aromatic N) is 1. The van der Waals surface area contributed by atoms with Crippen LogP contribution in [-0.4, -0.2) is 41.1 Å². The van der Waals surface area contributed by atoms with E-state index >= 15 is 0 Å². The van der Waals surface area contributed by atoms with Crippen molar-refractivity contribution in [1.82, 2.24) is 4.90 Å². The summed E-state index contributed by atoms with van der Waals surface area (Å²) in [5.41, 5.74) is 1.34. The molecule has 1 fully saturated rings. The smallest absolute Gasteiger partial charge is 0.241 e. The fourth-order valence-electron chi connectivity index (χ4n) is 3.34. The highest BCUT2D eigenvalue weighted by atomic mass is 16.5. The zero-order valence-electron chi connectivity index (χ0n) is 13.8. The van der Waals surface area contributed by atoms with E-state index in [1.165, 1.54) is 0 Å². The quantitative estimate of drug-likeness (QED) is 0.877. The van der Waals surface area contributed by atoms with E-state index in [1.54, 1.807) is 25.3 Å². The molecule has 1 saturated heterocycles. The summed E-state index contributed by atoms with van der Waals surface area (Å²) in [6, 6.07) is 5.98. The maximum Gasteiger partial charge on any atom is 0.241 e. The van der Waals surface area contributed by atoms with Gasteiger partial charge in [0.15, 0.2) is 0 Å². The number of ether oxygens (including phenoxy) is 1. The molecule has 122 valence electrons. The number of amides is 1. The molecule has 3 atom stereocenters. The molecule has 1 aliphatic heterocycles. The van der Waals surface area contributed by atoms with E-state index < -0.39 is 0 Å². The highest BCUT2D eigenvalue weighted by molar-refractivity contribution is 5.94. The number of carbonyl (C=O) groups is 1. The Morgan fingerprint density at radius 1 is 1.41 bits per heavy atom. The Labute approximate surface area is 132 Å². The zero-order chi connectivity index (χ0) is 16.3. The van der Waals surface area contributed by atoms with Crippen LogP contribution in [0.1, 0.15) is 39.2 Å². The van der Waals surface area contributed by atoms with Gasteiger partial charge in [0.25, 0.3) is 0 Å². The lowest BCUT2D eigenvalue weighted by Crippen LogP contribution is -2.46. The van der Waals surface area contributed by atoms with Gasteiger partial charge in [-0.3, -0.25) is 9.69 Å². The van der Waals surface area contributed by atoms with Crippen LogP contribution in [0, 0.1) is 0 Å². The Bertz CT molecular complexity index is 523. The number of hydrogen-bond acceptors (Lipinski definition) is 4. The summed E-state index contributed by atoms with van der Waals surface area (Å²) in [4.78, 5) is 14.8. The molecule has 0 bridgehead atoms. The number of carbonyl (C=O) groups excluding carboxylic acids is 1. The minimum absolute atomic E-state index is 0.0188. The number of methoxy groups -OCH3 is 1. The summed E-state index contributed by atoms with van der Waals surface area (Å²) in [5, 5.41) is 12.3. The summed E-state index contributed by atoms with van der Waals surface area (Å²) in [5.74, 6) is 0.602. The van der Waals surface area contributed by atoms with Crippen LogP contribution >= 0.6 is 0 Å². The summed E-state index contributed by atoms with van der Waals surface area (Å²) < 4.78 is 5.17. The third kappa shape index (κ3) is 3.42. The third-order valence-corrected chi connectivity index (χ3v) is 4.57. The van der Waals surface area contributed by atoms with Crippen molar-refractivity contribution in [2.75, 3.05) is 12.4 Å². The number of anilines is 1. The molecule has 1 aliphatic rings. The molecular weight excluding hydrogens is 280 g/mol. The van der Waals surface area contributed by atoms with E-state index in [2.05, 4.69) is 24.1 Å². The zero-order valence-corrected chi connectivity index (χ0v) is 13.8. The highest BCUT2D eigenvalue weighted by Crippen LogP contribution is 2.27. The molecule has 2 rings (SSSR count). The van der Waals surface area contributed by atoms with Crippen molar-refractivity contribution in [2.24, 2.45) is 0 Å². The van der Waals surface area contributed by atoms with Gasteiger partial charge in [0, 0.05) is 23.3 Å². The maximum absolute atomic E-state index is 12.5. The van der Waals surface area contributed by atoms with Gasteiger partial charge in [0.05, 0.1) is 19.8 Å². The van der Waals surface area contributed by atoms with Crippen molar-refractivity contribution < 1.29 is 14.6 Å². The van der Waals surface area contributed by atoms with Gasteiger partial charge in [-0.25, -0.2) is 0 Å². The van der Waals surface area contributed by atoms with Crippen LogP contribution in [0.5, 0.6) is 5.75 Å². The molecule has 1 heterocycles. The van der Waals surface area contributed by atoms with Crippen molar-refractivity contribution in [3.63, 3.8) is 0 Å². The minimum atomic E-state index is -0.174. The summed E-state index contributed by atoms with van der Waals surface area (Å²) >= 11 is 0. The minimum Gasteiger partial charge on any atom is -0.496 e. The Morgan fingerprint density at radius 3 is 2.59 bits per heavy atom. The predicted octanol–water partition coefficient (Wildman–Crippen LogP) is 2.39. The van der Waals surface area contributed by atoms with E-state index in [0.717, 1.165) is 12.8 Å². The fraction of sp³-hybridized carbons (Fsp3) is 0.588. The second kappa shape index (κ2) is 7.11. The van der Waals surface area contributed by atoms with E-state index in [9.17, 15) is 9.90 Å². The van der Waals surface area contributed by atoms with Gasteiger partial charge in [-0.2, -0.15) is 0 Å². The second-order valence-electron chi connectivity index (χ2n) is 6.07. The highest BCUT2D eigenvalue weighted by Gasteiger charge is 2.34. The first-order valence-electron chi connectivity index (χ1n) is 7.84. The van der Waals surface area contributed by atoms with Crippen LogP contribution in [0.25, 0.3) is 0 Å². The number of rotatable bonds is 5. The molecule has 1 aromatic rings. The Kier molecular flexibility index (Phi) is 5.42.